The SMILES string of the molecule is C1CCOC1.C1CCOC1.C1CCOC1.C1CCOC1.[Li+].[Lu].[Pd].[Pd].c1ccc(N[PH+](c2ccccc2)c2ccccc2)cc1.c1ccc(N[PH+](c2ccccc2)c2ccccc2)cc1.c1ccc([N-][PH+](c2ccccc2)c2ccccc2)cc1.c1ccc([N-][PH+](c2ccccc2)c2ccccc2)cc1.c1ccc([N-][PH+](c2ccccc2)c2ccccc2)cc1.c1ccc([N-][PH+](c2ccccc2)c2ccccc2)cc1. The molecular formula is C124H130LiLuN6O4P6Pd2+3. The fourth-order valence-corrected chi connectivity index (χ4v) is 27.2. The third-order valence-corrected chi connectivity index (χ3v) is 35.7. The van der Waals surface area contributed by atoms with Crippen LogP contribution in [-0.2, 0) is 59.8 Å². The van der Waals surface area contributed by atoms with Gasteiger partial charge >= 0.3 is 18.9 Å². The van der Waals surface area contributed by atoms with E-state index in [1.165, 1.54) is 126 Å². The molecule has 4 heterocycles. The molecule has 743 valence electrons. The molecule has 4 saturated heterocycles. The van der Waals surface area contributed by atoms with Crippen molar-refractivity contribution in [3.05, 3.63) is 566 Å². The monoisotopic (exact) mass is 2350 g/mol. The molecule has 18 aromatic rings. The summed E-state index contributed by atoms with van der Waals surface area (Å²) in [7, 11) is -6.51. The number of rotatable bonds is 24. The number of para-hydroxylation sites is 6. The second-order valence-corrected chi connectivity index (χ2v) is 45.2. The van der Waals surface area contributed by atoms with Crippen molar-refractivity contribution in [1.29, 1.82) is 0 Å². The van der Waals surface area contributed by atoms with Crippen LogP contribution in [-0.4, -0.2) is 52.9 Å². The average Bonchev–Trinajstić information content (AvgIpc) is 1.15. The summed E-state index contributed by atoms with van der Waals surface area (Å²) < 4.78 is 19.8. The summed E-state index contributed by atoms with van der Waals surface area (Å²) in [5, 5.41) is 43.4. The normalized spacial score (nSPS) is 12.0. The van der Waals surface area contributed by atoms with Gasteiger partial charge in [0.15, 0.2) is 16.1 Å². The van der Waals surface area contributed by atoms with Gasteiger partial charge in [-0.2, -0.15) is 0 Å². The van der Waals surface area contributed by atoms with Gasteiger partial charge in [0, 0.05) is 163 Å². The van der Waals surface area contributed by atoms with Crippen LogP contribution in [0.3, 0.4) is 0 Å². The van der Waals surface area contributed by atoms with Crippen molar-refractivity contribution in [2.75, 3.05) is 63.0 Å². The quantitative estimate of drug-likeness (QED) is 0.0460. The van der Waals surface area contributed by atoms with Gasteiger partial charge in [-0.15, -0.1) is 22.7 Å². The van der Waals surface area contributed by atoms with Crippen molar-refractivity contribution in [1.82, 2.24) is 0 Å². The second-order valence-electron chi connectivity index (χ2n) is 32.6. The first-order valence-corrected chi connectivity index (χ1v) is 57.3. The molecule has 4 fully saturated rings. The van der Waals surface area contributed by atoms with Crippen molar-refractivity contribution in [3.8, 4) is 0 Å². The Kier molecular flexibility index (Phi) is 60.1. The Bertz CT molecular complexity index is 4900. The third-order valence-electron chi connectivity index (χ3n) is 22.0. The molecule has 0 amide bonds. The number of hydrogen-bond acceptors (Lipinski definition) is 6. The predicted molar refractivity (Wildman–Crippen MR) is 621 cm³/mol. The first-order valence-electron chi connectivity index (χ1n) is 48.5. The molecule has 0 aliphatic carbocycles. The summed E-state index contributed by atoms with van der Waals surface area (Å²) >= 11 is 0. The van der Waals surface area contributed by atoms with Crippen LogP contribution in [0.1, 0.15) is 51.4 Å². The van der Waals surface area contributed by atoms with Crippen LogP contribution < -0.4 is 92.7 Å². The minimum atomic E-state index is -1.13. The van der Waals surface area contributed by atoms with Crippen molar-refractivity contribution >= 4 is 146 Å². The minimum absolute atomic E-state index is 0. The molecule has 4 aliphatic rings. The molecule has 10 nitrogen and oxygen atoms in total. The molecular weight excluding hydrogens is 2220 g/mol. The van der Waals surface area contributed by atoms with E-state index in [2.05, 4.69) is 471 Å². The largest absolute Gasteiger partial charge is 1.00 e. The first kappa shape index (κ1) is 118. The van der Waals surface area contributed by atoms with E-state index in [-0.39, 0.29) is 96.6 Å². The number of nitrogens with zero attached hydrogens (tertiary/aromatic N) is 4. The standard InChI is InChI=1S/6C18H16NP.4C4H8O.Li.Lu.2Pd/c6*1-4-10-16(11-5-1)19-20(17-12-6-2-7-13-17)18-14-8-3-9-15-18;4*1-2-4-5-3-1;;;;/h4*1-15,20H;2*1-15,19H;4*1-4H2;;;;/q;;;;;;;;;;+1;;;/p+2. The zero-order valence-corrected chi connectivity index (χ0v) is 92.4. The fourth-order valence-electron chi connectivity index (χ4n) is 14.9. The number of nitrogens with one attached hydrogen (secondary N) is 2. The van der Waals surface area contributed by atoms with Crippen molar-refractivity contribution in [3.63, 3.8) is 0 Å². The molecule has 0 spiro atoms. The van der Waals surface area contributed by atoms with Crippen LogP contribution in [0.2, 0.25) is 0 Å². The Balaban J connectivity index is 0.000000184. The number of benzene rings is 18. The van der Waals surface area contributed by atoms with E-state index < -0.39 is 48.4 Å². The summed E-state index contributed by atoms with van der Waals surface area (Å²) in [5.74, 6) is 0. The minimum Gasteiger partial charge on any atom is -0.516 e. The molecule has 20 heteroatoms. The van der Waals surface area contributed by atoms with Gasteiger partial charge in [-0.1, -0.05) is 376 Å². The molecule has 18 aromatic carbocycles. The topological polar surface area (TPSA) is 117 Å². The molecule has 0 unspecified atom stereocenters. The predicted octanol–water partition coefficient (Wildman–Crippen LogP) is 25.8. The number of ether oxygens (including phenoxy) is 4. The van der Waals surface area contributed by atoms with Gasteiger partial charge in [-0.3, -0.25) is 10.2 Å². The zero-order chi connectivity index (χ0) is 95.9. The van der Waals surface area contributed by atoms with Gasteiger partial charge in [0.1, 0.15) is 21.2 Å². The summed E-state index contributed by atoms with van der Waals surface area (Å²) in [6.45, 7) is 8.00. The number of hydrogen-bond donors (Lipinski definition) is 2. The molecule has 0 atom stereocenters. The fraction of sp³-hybridized carbons (Fsp3) is 0.129. The maximum atomic E-state index is 5.00. The zero-order valence-electron chi connectivity index (χ0n) is 81.6. The molecule has 0 saturated carbocycles. The summed E-state index contributed by atoms with van der Waals surface area (Å²) in [6, 6.07) is 189. The van der Waals surface area contributed by atoms with Crippen molar-refractivity contribution in [2.24, 2.45) is 0 Å². The van der Waals surface area contributed by atoms with E-state index in [9.17, 15) is 0 Å². The van der Waals surface area contributed by atoms with Gasteiger partial charge in [-0.25, -0.2) is 0 Å². The Hall–Kier alpha value is -9.66. The van der Waals surface area contributed by atoms with E-state index in [4.69, 9.17) is 39.3 Å². The Labute approximate surface area is 933 Å². The molecule has 2 N–H and O–H groups in total. The Morgan fingerprint density at radius 3 is 0.382 bits per heavy atom. The summed E-state index contributed by atoms with van der Waals surface area (Å²) in [5.41, 5.74) is 6.55. The maximum absolute atomic E-state index is 5.00. The van der Waals surface area contributed by atoms with Crippen molar-refractivity contribution in [2.45, 2.75) is 51.4 Å². The van der Waals surface area contributed by atoms with Gasteiger partial charge in [0.25, 0.3) is 0 Å². The van der Waals surface area contributed by atoms with Crippen LogP contribution in [0.4, 0.5) is 34.1 Å². The van der Waals surface area contributed by atoms with E-state index in [0.717, 1.165) is 75.6 Å². The molecule has 1 radical (unpaired) electrons. The summed E-state index contributed by atoms with van der Waals surface area (Å²) in [4.78, 5) is 0. The summed E-state index contributed by atoms with van der Waals surface area (Å²) in [6.07, 6.45) is 10.2. The molecule has 4 aliphatic heterocycles. The Morgan fingerprint density at radius 1 is 0.153 bits per heavy atom. The van der Waals surface area contributed by atoms with Gasteiger partial charge < -0.3 is 39.3 Å². The molecule has 0 aromatic heterocycles. The molecule has 0 bridgehead atoms. The number of anilines is 2. The van der Waals surface area contributed by atoms with Gasteiger partial charge in [0.2, 0.25) is 0 Å². The first-order chi connectivity index (χ1) is 69.6. The van der Waals surface area contributed by atoms with Crippen LogP contribution >= 0.6 is 48.4 Å². The van der Waals surface area contributed by atoms with Gasteiger partial charge in [0.05, 0.1) is 53.8 Å². The molecule has 22 rings (SSSR count). The third kappa shape index (κ3) is 44.6. The van der Waals surface area contributed by atoms with Crippen LogP contribution in [0, 0.1) is 36.9 Å². The smallest absolute Gasteiger partial charge is 0.516 e. The van der Waals surface area contributed by atoms with Crippen molar-refractivity contribution < 1.29 is 116 Å². The molecule has 144 heavy (non-hydrogen) atoms. The second kappa shape index (κ2) is 73.4. The average molecular weight is 2350 g/mol. The maximum Gasteiger partial charge on any atom is 1.00 e. The van der Waals surface area contributed by atoms with E-state index in [1.807, 2.05) is 84.9 Å². The van der Waals surface area contributed by atoms with Gasteiger partial charge in [-0.05, 0) is 221 Å². The van der Waals surface area contributed by atoms with Crippen LogP contribution in [0.15, 0.2) is 546 Å². The van der Waals surface area contributed by atoms with E-state index in [0.29, 0.717) is 0 Å². The van der Waals surface area contributed by atoms with Crippen LogP contribution in [0.25, 0.3) is 20.3 Å². The Morgan fingerprint density at radius 2 is 0.264 bits per heavy atom. The van der Waals surface area contributed by atoms with Crippen LogP contribution in [0.5, 0.6) is 0 Å². The van der Waals surface area contributed by atoms with E-state index >= 15 is 0 Å². The van der Waals surface area contributed by atoms with E-state index in [1.54, 1.807) is 0 Å².